The molecule has 5 heteroatoms. The van der Waals surface area contributed by atoms with Gasteiger partial charge in [-0.15, -0.1) is 0 Å². The number of Topliss-reactive ketones (excluding diaryl/α,β-unsaturated/α-hetero) is 1. The van der Waals surface area contributed by atoms with Crippen LogP contribution in [0.2, 0.25) is 0 Å². The third-order valence-corrected chi connectivity index (χ3v) is 4.96. The fourth-order valence-electron chi connectivity index (χ4n) is 2.44. The van der Waals surface area contributed by atoms with Crippen molar-refractivity contribution in [1.82, 2.24) is 0 Å². The van der Waals surface area contributed by atoms with Crippen molar-refractivity contribution in [1.29, 1.82) is 0 Å². The van der Waals surface area contributed by atoms with Gasteiger partial charge in [0.25, 0.3) is 0 Å². The van der Waals surface area contributed by atoms with Gasteiger partial charge in [0.05, 0.1) is 5.92 Å². The number of rotatable bonds is 2. The molecule has 22 heavy (non-hydrogen) atoms. The van der Waals surface area contributed by atoms with Gasteiger partial charge in [-0.1, -0.05) is 17.8 Å². The quantitative estimate of drug-likeness (QED) is 0.913. The van der Waals surface area contributed by atoms with Gasteiger partial charge < -0.3 is 5.11 Å². The van der Waals surface area contributed by atoms with E-state index in [0.717, 1.165) is 9.79 Å². The predicted molar refractivity (Wildman–Crippen MR) is 81.1 cm³/mol. The van der Waals surface area contributed by atoms with E-state index in [1.807, 2.05) is 0 Å². The summed E-state index contributed by atoms with van der Waals surface area (Å²) in [5.74, 6) is -2.09. The predicted octanol–water partition coefficient (Wildman–Crippen LogP) is 3.90. The monoisotopic (exact) mass is 316 g/mol. The number of ketones is 1. The Kier molecular flexibility index (Phi) is 3.74. The molecule has 0 amide bonds. The molecule has 2 aromatic rings. The summed E-state index contributed by atoms with van der Waals surface area (Å²) in [5, 5.41) is 9.10. The molecule has 112 valence electrons. The zero-order valence-corrected chi connectivity index (χ0v) is 12.6. The van der Waals surface area contributed by atoms with E-state index in [9.17, 15) is 14.0 Å². The van der Waals surface area contributed by atoms with Crippen molar-refractivity contribution < 1.29 is 19.1 Å². The van der Waals surface area contributed by atoms with Crippen LogP contribution < -0.4 is 0 Å². The number of carbonyl (C=O) groups is 2. The molecule has 3 rings (SSSR count). The first-order valence-corrected chi connectivity index (χ1v) is 7.63. The SMILES string of the molecule is CC(C(=O)O)c1ccc2c(c1)C(=O)Cc1cc(F)ccc1S2. The van der Waals surface area contributed by atoms with E-state index >= 15 is 0 Å². The second kappa shape index (κ2) is 5.57. The Bertz CT molecular complexity index is 785. The number of hydrogen-bond acceptors (Lipinski definition) is 3. The molecule has 3 nitrogen and oxygen atoms in total. The second-order valence-corrected chi connectivity index (χ2v) is 6.35. The van der Waals surface area contributed by atoms with Gasteiger partial charge in [-0.25, -0.2) is 4.39 Å². The Balaban J connectivity index is 2.06. The lowest BCUT2D eigenvalue weighted by Gasteiger charge is -2.10. The van der Waals surface area contributed by atoms with E-state index in [2.05, 4.69) is 0 Å². The molecule has 0 fully saturated rings. The van der Waals surface area contributed by atoms with Gasteiger partial charge in [-0.2, -0.15) is 0 Å². The number of hydrogen-bond donors (Lipinski definition) is 1. The highest BCUT2D eigenvalue weighted by molar-refractivity contribution is 7.99. The highest BCUT2D eigenvalue weighted by atomic mass is 32.2. The summed E-state index contributed by atoms with van der Waals surface area (Å²) in [6, 6.07) is 9.57. The van der Waals surface area contributed by atoms with Crippen molar-refractivity contribution >= 4 is 23.5 Å². The Morgan fingerprint density at radius 3 is 2.68 bits per heavy atom. The number of carbonyl (C=O) groups excluding carboxylic acids is 1. The lowest BCUT2D eigenvalue weighted by Crippen LogP contribution is -2.10. The second-order valence-electron chi connectivity index (χ2n) is 5.27. The van der Waals surface area contributed by atoms with Gasteiger partial charge in [0.2, 0.25) is 0 Å². The molecule has 0 aromatic heterocycles. The van der Waals surface area contributed by atoms with Crippen LogP contribution in [-0.4, -0.2) is 16.9 Å². The maximum atomic E-state index is 13.4. The van der Waals surface area contributed by atoms with Gasteiger partial charge in [0.1, 0.15) is 5.82 Å². The van der Waals surface area contributed by atoms with E-state index in [1.165, 1.54) is 23.9 Å². The van der Waals surface area contributed by atoms with Crippen LogP contribution in [0.1, 0.15) is 34.3 Å². The third kappa shape index (κ3) is 2.64. The summed E-state index contributed by atoms with van der Waals surface area (Å²) < 4.78 is 13.4. The standard InChI is InChI=1S/C17H13FO3S/c1-9(17(20)21)10-2-4-16-13(7-10)14(19)8-11-6-12(18)3-5-15(11)22-16/h2-7,9H,8H2,1H3,(H,20,21). The fraction of sp³-hybridized carbons (Fsp3) is 0.176. The summed E-state index contributed by atoms with van der Waals surface area (Å²) in [5.41, 5.74) is 1.77. The molecule has 0 spiro atoms. The molecule has 0 saturated carbocycles. The average Bonchev–Trinajstić information content (AvgIpc) is 2.62. The van der Waals surface area contributed by atoms with Crippen LogP contribution in [0.4, 0.5) is 4.39 Å². The Hall–Kier alpha value is -2.14. The highest BCUT2D eigenvalue weighted by Crippen LogP contribution is 2.38. The van der Waals surface area contributed by atoms with Crippen LogP contribution in [0.5, 0.6) is 0 Å². The first-order chi connectivity index (χ1) is 10.5. The van der Waals surface area contributed by atoms with Crippen molar-refractivity contribution in [2.24, 2.45) is 0 Å². The molecule has 0 radical (unpaired) electrons. The van der Waals surface area contributed by atoms with Crippen LogP contribution in [-0.2, 0) is 11.2 Å². The molecule has 1 heterocycles. The van der Waals surface area contributed by atoms with Crippen LogP contribution >= 0.6 is 11.8 Å². The molecular weight excluding hydrogens is 303 g/mol. The molecule has 1 aliphatic heterocycles. The van der Waals surface area contributed by atoms with Crippen LogP contribution in [0.15, 0.2) is 46.2 Å². The van der Waals surface area contributed by atoms with Gasteiger partial charge in [0.15, 0.2) is 5.78 Å². The Labute approximate surface area is 131 Å². The zero-order valence-electron chi connectivity index (χ0n) is 11.8. The number of carboxylic acids is 1. The molecule has 1 N–H and O–H groups in total. The largest absolute Gasteiger partial charge is 0.481 e. The van der Waals surface area contributed by atoms with E-state index < -0.39 is 11.9 Å². The molecule has 1 aliphatic rings. The molecule has 2 aromatic carbocycles. The number of aliphatic carboxylic acids is 1. The summed E-state index contributed by atoms with van der Waals surface area (Å²) in [6.45, 7) is 1.59. The van der Waals surface area contributed by atoms with Crippen molar-refractivity contribution in [3.63, 3.8) is 0 Å². The van der Waals surface area contributed by atoms with Crippen molar-refractivity contribution in [2.75, 3.05) is 0 Å². The summed E-state index contributed by atoms with van der Waals surface area (Å²) in [4.78, 5) is 25.2. The fourth-order valence-corrected chi connectivity index (χ4v) is 3.49. The lowest BCUT2D eigenvalue weighted by atomic mass is 9.96. The van der Waals surface area contributed by atoms with Crippen LogP contribution in [0.3, 0.4) is 0 Å². The van der Waals surface area contributed by atoms with Crippen LogP contribution in [0.25, 0.3) is 0 Å². The van der Waals surface area contributed by atoms with Crippen molar-refractivity contribution in [3.05, 3.63) is 58.9 Å². The lowest BCUT2D eigenvalue weighted by molar-refractivity contribution is -0.138. The first kappa shape index (κ1) is 14.8. The zero-order chi connectivity index (χ0) is 15.9. The molecule has 1 atom stereocenters. The van der Waals surface area contributed by atoms with Gasteiger partial charge in [-0.05, 0) is 48.4 Å². The molecular formula is C17H13FO3S. The maximum Gasteiger partial charge on any atom is 0.310 e. The molecule has 0 saturated heterocycles. The minimum atomic E-state index is -0.931. The summed E-state index contributed by atoms with van der Waals surface area (Å²) >= 11 is 1.41. The minimum absolute atomic E-state index is 0.119. The molecule has 0 aliphatic carbocycles. The van der Waals surface area contributed by atoms with Crippen molar-refractivity contribution in [2.45, 2.75) is 29.1 Å². The highest BCUT2D eigenvalue weighted by Gasteiger charge is 2.23. The Morgan fingerprint density at radius 1 is 1.23 bits per heavy atom. The topological polar surface area (TPSA) is 54.4 Å². The van der Waals surface area contributed by atoms with Gasteiger partial charge in [-0.3, -0.25) is 9.59 Å². The average molecular weight is 316 g/mol. The number of carboxylic acid groups (broad SMARTS) is 1. The van der Waals surface area contributed by atoms with Crippen molar-refractivity contribution in [3.8, 4) is 0 Å². The molecule has 0 bridgehead atoms. The maximum absolute atomic E-state index is 13.4. The first-order valence-electron chi connectivity index (χ1n) is 6.82. The minimum Gasteiger partial charge on any atom is -0.481 e. The smallest absolute Gasteiger partial charge is 0.310 e. The normalized spacial score (nSPS) is 14.7. The number of halogens is 1. The van der Waals surface area contributed by atoms with Gasteiger partial charge in [0, 0.05) is 21.8 Å². The molecule has 1 unspecified atom stereocenters. The van der Waals surface area contributed by atoms with Crippen LogP contribution in [0, 0.1) is 5.82 Å². The summed E-state index contributed by atoms with van der Waals surface area (Å²) in [7, 11) is 0. The van der Waals surface area contributed by atoms with E-state index in [0.29, 0.717) is 16.7 Å². The number of benzene rings is 2. The number of fused-ring (bicyclic) bond motifs is 2. The van der Waals surface area contributed by atoms with E-state index in [-0.39, 0.29) is 18.0 Å². The summed E-state index contributed by atoms with van der Waals surface area (Å²) in [6.07, 6.45) is 0.123. The third-order valence-electron chi connectivity index (χ3n) is 3.77. The van der Waals surface area contributed by atoms with Gasteiger partial charge >= 0.3 is 5.97 Å². The Morgan fingerprint density at radius 2 is 1.95 bits per heavy atom. The van der Waals surface area contributed by atoms with E-state index in [1.54, 1.807) is 31.2 Å². The van der Waals surface area contributed by atoms with E-state index in [4.69, 9.17) is 5.11 Å².